The molecule has 0 bridgehead atoms. The zero-order chi connectivity index (χ0) is 12.6. The van der Waals surface area contributed by atoms with Gasteiger partial charge in [0, 0.05) is 0 Å². The van der Waals surface area contributed by atoms with Crippen molar-refractivity contribution in [3.05, 3.63) is 41.5 Å². The van der Waals surface area contributed by atoms with E-state index < -0.39 is 5.97 Å². The van der Waals surface area contributed by atoms with Crippen LogP contribution in [0.3, 0.4) is 0 Å². The molecule has 2 heteroatoms. The Hall–Kier alpha value is -1.57. The fourth-order valence-electron chi connectivity index (χ4n) is 2.43. The molecule has 0 fully saturated rings. The monoisotopic (exact) mass is 230 g/mol. The van der Waals surface area contributed by atoms with Crippen molar-refractivity contribution in [2.75, 3.05) is 0 Å². The number of hydrogen-bond acceptors (Lipinski definition) is 1. The summed E-state index contributed by atoms with van der Waals surface area (Å²) >= 11 is 0. The van der Waals surface area contributed by atoms with Crippen LogP contribution in [-0.2, 0) is 17.6 Å². The van der Waals surface area contributed by atoms with Gasteiger partial charge in [-0.1, -0.05) is 38.6 Å². The van der Waals surface area contributed by atoms with E-state index in [9.17, 15) is 4.79 Å². The zero-order valence-electron chi connectivity index (χ0n) is 10.4. The first-order valence-electron chi connectivity index (χ1n) is 6.03. The van der Waals surface area contributed by atoms with Gasteiger partial charge < -0.3 is 5.11 Å². The quantitative estimate of drug-likeness (QED) is 0.810. The lowest BCUT2D eigenvalue weighted by atomic mass is 9.93. The summed E-state index contributed by atoms with van der Waals surface area (Å²) in [5.74, 6) is 0.426. The molecule has 1 aliphatic carbocycles. The highest BCUT2D eigenvalue weighted by Crippen LogP contribution is 2.32. The second-order valence-electron chi connectivity index (χ2n) is 5.18. The molecule has 0 radical (unpaired) electrons. The molecule has 1 unspecified atom stereocenters. The van der Waals surface area contributed by atoms with Gasteiger partial charge in [-0.25, -0.2) is 4.79 Å². The van der Waals surface area contributed by atoms with Gasteiger partial charge in [0.05, 0.1) is 5.57 Å². The second kappa shape index (κ2) is 4.36. The van der Waals surface area contributed by atoms with E-state index >= 15 is 0 Å². The van der Waals surface area contributed by atoms with Crippen molar-refractivity contribution in [1.82, 2.24) is 0 Å². The van der Waals surface area contributed by atoms with E-state index in [0.29, 0.717) is 11.8 Å². The van der Waals surface area contributed by atoms with Crippen LogP contribution in [0.5, 0.6) is 0 Å². The average Bonchev–Trinajstić information content (AvgIpc) is 2.70. The topological polar surface area (TPSA) is 37.3 Å². The van der Waals surface area contributed by atoms with Crippen molar-refractivity contribution in [3.8, 4) is 0 Å². The van der Waals surface area contributed by atoms with Crippen molar-refractivity contribution in [1.29, 1.82) is 0 Å². The summed E-state index contributed by atoms with van der Waals surface area (Å²) in [6.07, 6.45) is 2.18. The third-order valence-electron chi connectivity index (χ3n) is 3.72. The Morgan fingerprint density at radius 1 is 1.35 bits per heavy atom. The van der Waals surface area contributed by atoms with E-state index in [2.05, 4.69) is 26.5 Å². The van der Waals surface area contributed by atoms with Crippen LogP contribution in [0.2, 0.25) is 0 Å². The van der Waals surface area contributed by atoms with Crippen LogP contribution >= 0.6 is 0 Å². The minimum atomic E-state index is -0.941. The van der Waals surface area contributed by atoms with Crippen LogP contribution in [0.1, 0.15) is 30.5 Å². The standard InChI is InChI=1S/C15H18O2/c1-9(2)13-7-12-5-4-11(6-14(12)8-13)10(3)15(16)17/h4-6,9,13H,3,7-8H2,1-2H3,(H,16,17). The first-order valence-corrected chi connectivity index (χ1v) is 6.03. The minimum absolute atomic E-state index is 0.181. The first-order chi connectivity index (χ1) is 7.99. The number of rotatable bonds is 3. The Morgan fingerprint density at radius 3 is 2.59 bits per heavy atom. The molecule has 0 saturated heterocycles. The van der Waals surface area contributed by atoms with Gasteiger partial charge in [0.15, 0.2) is 0 Å². The highest BCUT2D eigenvalue weighted by atomic mass is 16.4. The van der Waals surface area contributed by atoms with Crippen LogP contribution < -0.4 is 0 Å². The summed E-state index contributed by atoms with van der Waals surface area (Å²) in [7, 11) is 0. The van der Waals surface area contributed by atoms with Gasteiger partial charge in [0.2, 0.25) is 0 Å². The van der Waals surface area contributed by atoms with Gasteiger partial charge in [0.25, 0.3) is 0 Å². The molecular weight excluding hydrogens is 212 g/mol. The molecule has 90 valence electrons. The summed E-state index contributed by atoms with van der Waals surface area (Å²) in [6, 6.07) is 5.92. The predicted octanol–water partition coefficient (Wildman–Crippen LogP) is 3.16. The predicted molar refractivity (Wildman–Crippen MR) is 68.8 cm³/mol. The fourth-order valence-corrected chi connectivity index (χ4v) is 2.43. The molecule has 17 heavy (non-hydrogen) atoms. The third-order valence-corrected chi connectivity index (χ3v) is 3.72. The maximum Gasteiger partial charge on any atom is 0.335 e. The number of hydrogen-bond donors (Lipinski definition) is 1. The number of carboxylic acid groups (broad SMARTS) is 1. The van der Waals surface area contributed by atoms with Crippen molar-refractivity contribution in [3.63, 3.8) is 0 Å². The molecule has 0 aliphatic heterocycles. The van der Waals surface area contributed by atoms with Crippen molar-refractivity contribution < 1.29 is 9.90 Å². The van der Waals surface area contributed by atoms with Crippen LogP contribution in [0.15, 0.2) is 24.8 Å². The molecule has 1 aliphatic rings. The molecule has 1 N–H and O–H groups in total. The molecule has 0 spiro atoms. The molecule has 0 heterocycles. The van der Waals surface area contributed by atoms with Crippen LogP contribution in [0.25, 0.3) is 5.57 Å². The van der Waals surface area contributed by atoms with Gasteiger partial charge in [-0.15, -0.1) is 0 Å². The minimum Gasteiger partial charge on any atom is -0.478 e. The van der Waals surface area contributed by atoms with E-state index in [4.69, 9.17) is 5.11 Å². The van der Waals surface area contributed by atoms with Gasteiger partial charge >= 0.3 is 5.97 Å². The van der Waals surface area contributed by atoms with Crippen molar-refractivity contribution in [2.24, 2.45) is 11.8 Å². The summed E-state index contributed by atoms with van der Waals surface area (Å²) in [4.78, 5) is 10.9. The molecule has 2 rings (SSSR count). The SMILES string of the molecule is C=C(C(=O)O)c1ccc2c(c1)CC(C(C)C)C2. The molecule has 1 atom stereocenters. The van der Waals surface area contributed by atoms with Gasteiger partial charge in [-0.3, -0.25) is 0 Å². The number of fused-ring (bicyclic) bond motifs is 1. The van der Waals surface area contributed by atoms with E-state index in [0.717, 1.165) is 18.4 Å². The van der Waals surface area contributed by atoms with Crippen LogP contribution in [0.4, 0.5) is 0 Å². The summed E-state index contributed by atoms with van der Waals surface area (Å²) in [6.45, 7) is 8.09. The Kier molecular flexibility index (Phi) is 3.05. The number of benzene rings is 1. The van der Waals surface area contributed by atoms with Crippen molar-refractivity contribution >= 4 is 11.5 Å². The highest BCUT2D eigenvalue weighted by molar-refractivity contribution is 6.14. The Bertz CT molecular complexity index is 472. The third kappa shape index (κ3) is 2.26. The molecule has 1 aromatic rings. The van der Waals surface area contributed by atoms with Gasteiger partial charge in [0.1, 0.15) is 0 Å². The van der Waals surface area contributed by atoms with Gasteiger partial charge in [-0.05, 0) is 41.4 Å². The molecule has 0 amide bonds. The lowest BCUT2D eigenvalue weighted by Crippen LogP contribution is -2.07. The number of aliphatic carboxylic acids is 1. The van der Waals surface area contributed by atoms with E-state index in [1.807, 2.05) is 12.1 Å². The smallest absolute Gasteiger partial charge is 0.335 e. The number of carbonyl (C=O) groups is 1. The Morgan fingerprint density at radius 2 is 2.00 bits per heavy atom. The van der Waals surface area contributed by atoms with Gasteiger partial charge in [-0.2, -0.15) is 0 Å². The van der Waals surface area contributed by atoms with Crippen LogP contribution in [0, 0.1) is 11.8 Å². The summed E-state index contributed by atoms with van der Waals surface area (Å²) in [5.41, 5.74) is 3.58. The summed E-state index contributed by atoms with van der Waals surface area (Å²) < 4.78 is 0. The molecule has 0 saturated carbocycles. The van der Waals surface area contributed by atoms with Crippen LogP contribution in [-0.4, -0.2) is 11.1 Å². The maximum atomic E-state index is 10.9. The van der Waals surface area contributed by atoms with E-state index in [1.165, 1.54) is 11.1 Å². The first kappa shape index (κ1) is 11.9. The Balaban J connectivity index is 2.27. The molecule has 1 aromatic carbocycles. The lowest BCUT2D eigenvalue weighted by molar-refractivity contribution is -0.130. The lowest BCUT2D eigenvalue weighted by Gasteiger charge is -2.12. The molecular formula is C15H18O2. The van der Waals surface area contributed by atoms with E-state index in [1.54, 1.807) is 0 Å². The maximum absolute atomic E-state index is 10.9. The molecule has 0 aromatic heterocycles. The zero-order valence-corrected chi connectivity index (χ0v) is 10.4. The number of carboxylic acids is 1. The Labute approximate surface area is 102 Å². The normalized spacial score (nSPS) is 18.2. The highest BCUT2D eigenvalue weighted by Gasteiger charge is 2.24. The summed E-state index contributed by atoms with van der Waals surface area (Å²) in [5, 5.41) is 8.92. The fraction of sp³-hybridized carbons (Fsp3) is 0.400. The van der Waals surface area contributed by atoms with Crippen molar-refractivity contribution in [2.45, 2.75) is 26.7 Å². The molecule has 2 nitrogen and oxygen atoms in total. The largest absolute Gasteiger partial charge is 0.478 e. The van der Waals surface area contributed by atoms with E-state index in [-0.39, 0.29) is 5.57 Å². The second-order valence-corrected chi connectivity index (χ2v) is 5.18. The average molecular weight is 230 g/mol.